The summed E-state index contributed by atoms with van der Waals surface area (Å²) in [6, 6.07) is 63.4. The van der Waals surface area contributed by atoms with Gasteiger partial charge in [0.15, 0.2) is 0 Å². The maximum Gasteiger partial charge on any atom is 0.0644 e. The Morgan fingerprint density at radius 1 is 0.389 bits per heavy atom. The van der Waals surface area contributed by atoms with Crippen LogP contribution in [0.5, 0.6) is 0 Å². The highest BCUT2D eigenvalue weighted by atomic mass is 15.1. The van der Waals surface area contributed by atoms with E-state index in [1.54, 1.807) is 0 Å². The van der Waals surface area contributed by atoms with Gasteiger partial charge in [-0.15, -0.1) is 0 Å². The maximum atomic E-state index is 6.46. The van der Waals surface area contributed by atoms with Crippen LogP contribution >= 0.6 is 0 Å². The van der Waals surface area contributed by atoms with Gasteiger partial charge < -0.3 is 10.6 Å². The van der Waals surface area contributed by atoms with Gasteiger partial charge in [-0.25, -0.2) is 0 Å². The van der Waals surface area contributed by atoms with Crippen molar-refractivity contribution in [2.24, 2.45) is 5.92 Å². The van der Waals surface area contributed by atoms with Crippen LogP contribution in [0, 0.1) is 5.92 Å². The lowest BCUT2D eigenvalue weighted by Gasteiger charge is -2.28. The van der Waals surface area contributed by atoms with Gasteiger partial charge in [0.2, 0.25) is 0 Å². The first kappa shape index (κ1) is 37.6. The normalized spacial score (nSPS) is 10.7. The van der Waals surface area contributed by atoms with E-state index in [2.05, 4.69) is 183 Å². The Hall–Kier alpha value is -6.12. The van der Waals surface area contributed by atoms with Gasteiger partial charge in [0, 0.05) is 12.2 Å². The van der Waals surface area contributed by atoms with Gasteiger partial charge in [0.05, 0.1) is 11.4 Å². The fraction of sp³-hybridized carbons (Fsp3) is 0.154. The molecule has 0 aliphatic rings. The van der Waals surface area contributed by atoms with E-state index < -0.39 is 0 Å². The second kappa shape index (κ2) is 17.6. The monoisotopic (exact) mass is 704 g/mol. The van der Waals surface area contributed by atoms with E-state index in [9.17, 15) is 0 Å². The molecule has 0 atom stereocenters. The van der Waals surface area contributed by atoms with Crippen LogP contribution in [0.4, 0.5) is 17.1 Å². The molecule has 0 saturated heterocycles. The lowest BCUT2D eigenvalue weighted by Crippen LogP contribution is -2.23. The Morgan fingerprint density at radius 2 is 0.722 bits per heavy atom. The van der Waals surface area contributed by atoms with Gasteiger partial charge in [-0.05, 0) is 96.2 Å². The van der Waals surface area contributed by atoms with E-state index in [4.69, 9.17) is 5.73 Å². The average Bonchev–Trinajstić information content (AvgIpc) is 3.24. The predicted molar refractivity (Wildman–Crippen MR) is 239 cm³/mol. The molecule has 54 heavy (non-hydrogen) atoms. The molecule has 0 radical (unpaired) electrons. The van der Waals surface area contributed by atoms with Crippen LogP contribution in [-0.2, 0) is 0 Å². The summed E-state index contributed by atoms with van der Waals surface area (Å²) in [4.78, 5) is 2.34. The summed E-state index contributed by atoms with van der Waals surface area (Å²) in [5.74, 6) is 0.476. The molecule has 0 spiro atoms. The number of fused-ring (bicyclic) bond motifs is 2. The van der Waals surface area contributed by atoms with Gasteiger partial charge in [-0.1, -0.05) is 193 Å². The van der Waals surface area contributed by atoms with E-state index >= 15 is 0 Å². The van der Waals surface area contributed by atoms with Crippen molar-refractivity contribution in [3.05, 3.63) is 176 Å². The molecule has 0 bridgehead atoms. The summed E-state index contributed by atoms with van der Waals surface area (Å²) in [6.45, 7) is 13.4. The molecule has 0 amide bonds. The van der Waals surface area contributed by atoms with Gasteiger partial charge in [-0.3, -0.25) is 0 Å². The molecule has 2 N–H and O–H groups in total. The average molecular weight is 705 g/mol. The van der Waals surface area contributed by atoms with E-state index in [0.717, 1.165) is 23.6 Å². The van der Waals surface area contributed by atoms with E-state index in [0.29, 0.717) is 5.92 Å². The molecule has 0 heterocycles. The zero-order chi connectivity index (χ0) is 38.0. The predicted octanol–water partition coefficient (Wildman–Crippen LogP) is 15.1. The van der Waals surface area contributed by atoms with Crippen LogP contribution in [0.25, 0.3) is 66.1 Å². The van der Waals surface area contributed by atoms with Crippen molar-refractivity contribution in [3.63, 3.8) is 0 Å². The van der Waals surface area contributed by atoms with Crippen LogP contribution in [-0.4, -0.2) is 6.54 Å². The molecule has 0 fully saturated rings. The summed E-state index contributed by atoms with van der Waals surface area (Å²) < 4.78 is 0. The van der Waals surface area contributed by atoms with E-state index in [-0.39, 0.29) is 0 Å². The summed E-state index contributed by atoms with van der Waals surface area (Å²) in [5.41, 5.74) is 19.3. The molecule has 0 unspecified atom stereocenters. The third-order valence-electron chi connectivity index (χ3n) is 9.67. The quantitative estimate of drug-likeness (QED) is 0.126. The molecular formula is C52H52N2. The topological polar surface area (TPSA) is 29.3 Å². The Morgan fingerprint density at radius 3 is 1.13 bits per heavy atom. The number of nitrogens with zero attached hydrogens (tertiary/aromatic N) is 1. The Kier molecular flexibility index (Phi) is 12.3. The zero-order valence-electron chi connectivity index (χ0n) is 32.6. The van der Waals surface area contributed by atoms with Crippen LogP contribution < -0.4 is 10.6 Å². The van der Waals surface area contributed by atoms with Gasteiger partial charge in [-0.2, -0.15) is 0 Å². The number of hydrogen-bond acceptors (Lipinski definition) is 2. The second-order valence-electron chi connectivity index (χ2n) is 13.5. The van der Waals surface area contributed by atoms with Gasteiger partial charge in [0.1, 0.15) is 0 Å². The van der Waals surface area contributed by atoms with E-state index in [1.165, 1.54) is 66.1 Å². The molecule has 270 valence electrons. The first-order chi connectivity index (χ1) is 26.5. The van der Waals surface area contributed by atoms with E-state index in [1.807, 2.05) is 39.8 Å². The maximum absolute atomic E-state index is 6.46. The van der Waals surface area contributed by atoms with Crippen molar-refractivity contribution in [3.8, 4) is 44.5 Å². The van der Waals surface area contributed by atoms with Gasteiger partial charge >= 0.3 is 0 Å². The molecule has 2 heteroatoms. The largest absolute Gasteiger partial charge is 0.397 e. The molecule has 8 aromatic carbocycles. The molecule has 0 aromatic heterocycles. The SMILES string of the molecule is CC.CC.CC(C)CN(c1ccc(-c2c3ccccc3c(-c3ccc(-c4ccc(-c5ccccc5)cc4)cc3)c3ccccc23)cc1)c1ccccc1N. The summed E-state index contributed by atoms with van der Waals surface area (Å²) >= 11 is 0. The van der Waals surface area contributed by atoms with Crippen molar-refractivity contribution < 1.29 is 0 Å². The Bertz CT molecular complexity index is 2350. The van der Waals surface area contributed by atoms with Crippen molar-refractivity contribution in [1.29, 1.82) is 0 Å². The number of nitrogens with two attached hydrogens (primary N) is 1. The van der Waals surface area contributed by atoms with Gasteiger partial charge in [0.25, 0.3) is 0 Å². The number of benzene rings is 8. The molecule has 8 aromatic rings. The van der Waals surface area contributed by atoms with Crippen LogP contribution in [0.2, 0.25) is 0 Å². The number of hydrogen-bond donors (Lipinski definition) is 1. The van der Waals surface area contributed by atoms with Crippen LogP contribution in [0.3, 0.4) is 0 Å². The minimum Gasteiger partial charge on any atom is -0.397 e. The van der Waals surface area contributed by atoms with Crippen molar-refractivity contribution in [2.45, 2.75) is 41.5 Å². The van der Waals surface area contributed by atoms with Crippen molar-refractivity contribution in [1.82, 2.24) is 0 Å². The molecular weight excluding hydrogens is 653 g/mol. The first-order valence-electron chi connectivity index (χ1n) is 19.5. The number of nitrogen functional groups attached to an aromatic ring is 1. The Balaban J connectivity index is 0.00000120. The standard InChI is InChI=1S/C48H40N2.2C2H6/c1-33(2)32-50(46-19-11-10-18-45(46)49)40-30-28-39(29-31-40)48-43-16-8-6-14-41(43)47(42-15-7-9-17-44(42)48)38-26-24-37(25-27-38)36-22-20-35(21-23-36)34-12-4-3-5-13-34;2*1-2/h3-31,33H,32,49H2,1-2H3;2*1-2H3. The van der Waals surface area contributed by atoms with Crippen LogP contribution in [0.1, 0.15) is 41.5 Å². The highest BCUT2D eigenvalue weighted by molar-refractivity contribution is 6.21. The fourth-order valence-electron chi connectivity index (χ4n) is 7.31. The lowest BCUT2D eigenvalue weighted by atomic mass is 9.85. The first-order valence-corrected chi connectivity index (χ1v) is 19.5. The summed E-state index contributed by atoms with van der Waals surface area (Å²) in [6.07, 6.45) is 0. The molecule has 2 nitrogen and oxygen atoms in total. The second-order valence-corrected chi connectivity index (χ2v) is 13.5. The molecule has 8 rings (SSSR count). The minimum absolute atomic E-state index is 0.476. The number of para-hydroxylation sites is 2. The summed E-state index contributed by atoms with van der Waals surface area (Å²) in [5, 5.41) is 5.01. The van der Waals surface area contributed by atoms with Crippen molar-refractivity contribution >= 4 is 38.6 Å². The Labute approximate surface area is 322 Å². The number of anilines is 3. The highest BCUT2D eigenvalue weighted by Gasteiger charge is 2.18. The van der Waals surface area contributed by atoms with Crippen LogP contribution in [0.15, 0.2) is 176 Å². The highest BCUT2D eigenvalue weighted by Crippen LogP contribution is 2.44. The smallest absolute Gasteiger partial charge is 0.0644 e. The zero-order valence-corrected chi connectivity index (χ0v) is 32.6. The van der Waals surface area contributed by atoms with Crippen molar-refractivity contribution in [2.75, 3.05) is 17.2 Å². The third-order valence-corrected chi connectivity index (χ3v) is 9.67. The minimum atomic E-state index is 0.476. The molecule has 0 saturated carbocycles. The molecule has 0 aliphatic heterocycles. The number of rotatable bonds is 8. The lowest BCUT2D eigenvalue weighted by molar-refractivity contribution is 0.652. The summed E-state index contributed by atoms with van der Waals surface area (Å²) in [7, 11) is 0. The molecule has 0 aliphatic carbocycles. The fourth-order valence-corrected chi connectivity index (χ4v) is 7.31. The third kappa shape index (κ3) is 7.80.